The number of piperidine rings is 1. The topological polar surface area (TPSA) is 79.0 Å². The molecule has 1 aromatic carbocycles. The molecule has 152 valence electrons. The smallest absolute Gasteiger partial charge is 0.252 e. The summed E-state index contributed by atoms with van der Waals surface area (Å²) in [7, 11) is -0.533. The fourth-order valence-electron chi connectivity index (χ4n) is 3.20. The molecular formula is C19H25N3O4S2. The molecule has 0 radical (unpaired) electrons. The minimum Gasteiger partial charge on any atom is -0.497 e. The van der Waals surface area contributed by atoms with Gasteiger partial charge in [-0.25, -0.2) is 8.42 Å². The number of anilines is 1. The van der Waals surface area contributed by atoms with E-state index in [9.17, 15) is 13.2 Å². The molecule has 9 heteroatoms. The lowest BCUT2D eigenvalue weighted by Crippen LogP contribution is -2.47. The van der Waals surface area contributed by atoms with Gasteiger partial charge < -0.3 is 15.0 Å². The molecule has 28 heavy (non-hydrogen) atoms. The largest absolute Gasteiger partial charge is 0.497 e. The number of amides is 1. The number of thiophene rings is 1. The van der Waals surface area contributed by atoms with Crippen molar-refractivity contribution in [2.75, 3.05) is 38.7 Å². The summed E-state index contributed by atoms with van der Waals surface area (Å²) >= 11 is 1.15. The van der Waals surface area contributed by atoms with Crippen molar-refractivity contribution < 1.29 is 17.9 Å². The molecule has 2 heterocycles. The van der Waals surface area contributed by atoms with E-state index in [1.54, 1.807) is 24.6 Å². The molecule has 2 aromatic rings. The van der Waals surface area contributed by atoms with E-state index < -0.39 is 10.0 Å². The molecule has 1 aliphatic heterocycles. The van der Waals surface area contributed by atoms with E-state index in [1.165, 1.54) is 7.05 Å². The second-order valence-electron chi connectivity index (χ2n) is 6.72. The van der Waals surface area contributed by atoms with E-state index in [-0.39, 0.29) is 22.7 Å². The molecule has 0 saturated carbocycles. The van der Waals surface area contributed by atoms with Crippen LogP contribution in [0.25, 0.3) is 0 Å². The van der Waals surface area contributed by atoms with Crippen molar-refractivity contribution >= 4 is 33.0 Å². The molecule has 1 saturated heterocycles. The van der Waals surface area contributed by atoms with Gasteiger partial charge in [-0.1, -0.05) is 6.07 Å². The number of nitrogens with zero attached hydrogens (tertiary/aromatic N) is 2. The molecule has 0 spiro atoms. The van der Waals surface area contributed by atoms with Crippen LogP contribution in [-0.2, 0) is 14.8 Å². The summed E-state index contributed by atoms with van der Waals surface area (Å²) in [6.07, 6.45) is 1.64. The highest BCUT2D eigenvalue weighted by Crippen LogP contribution is 2.23. The maximum Gasteiger partial charge on any atom is 0.252 e. The third kappa shape index (κ3) is 4.84. The first kappa shape index (κ1) is 20.6. The quantitative estimate of drug-likeness (QED) is 0.738. The normalized spacial score (nSPS) is 15.6. The number of carbonyl (C=O) groups excluding carboxylic acids is 1. The number of carbonyl (C=O) groups is 1. The Morgan fingerprint density at radius 2 is 1.93 bits per heavy atom. The summed E-state index contributed by atoms with van der Waals surface area (Å²) in [6.45, 7) is 1.49. The van der Waals surface area contributed by atoms with Crippen LogP contribution in [0.4, 0.5) is 5.69 Å². The first-order valence-corrected chi connectivity index (χ1v) is 11.4. The average molecular weight is 424 g/mol. The number of nitrogens with one attached hydrogen (secondary N) is 1. The molecule has 1 amide bonds. The number of methoxy groups -OCH3 is 1. The highest BCUT2D eigenvalue weighted by atomic mass is 32.2. The van der Waals surface area contributed by atoms with Crippen molar-refractivity contribution in [3.63, 3.8) is 0 Å². The predicted octanol–water partition coefficient (Wildman–Crippen LogP) is 2.16. The van der Waals surface area contributed by atoms with Crippen molar-refractivity contribution in [1.82, 2.24) is 9.62 Å². The Kier molecular flexibility index (Phi) is 6.58. The minimum atomic E-state index is -3.61. The molecule has 1 aliphatic rings. The van der Waals surface area contributed by atoms with Crippen molar-refractivity contribution in [3.05, 3.63) is 41.8 Å². The Balaban J connectivity index is 1.48. The lowest BCUT2D eigenvalue weighted by atomic mass is 10.0. The molecule has 1 N–H and O–H groups in total. The zero-order valence-electron chi connectivity index (χ0n) is 16.0. The van der Waals surface area contributed by atoms with Gasteiger partial charge in [-0.15, -0.1) is 11.3 Å². The maximum atomic E-state index is 12.4. The lowest BCUT2D eigenvalue weighted by Gasteiger charge is -2.34. The van der Waals surface area contributed by atoms with Crippen LogP contribution in [0.3, 0.4) is 0 Å². The van der Waals surface area contributed by atoms with Crippen LogP contribution in [0.15, 0.2) is 46.0 Å². The summed E-state index contributed by atoms with van der Waals surface area (Å²) in [5.74, 6) is 0.554. The van der Waals surface area contributed by atoms with E-state index in [4.69, 9.17) is 4.74 Å². The van der Waals surface area contributed by atoms with E-state index in [2.05, 4.69) is 10.2 Å². The molecule has 0 unspecified atom stereocenters. The highest BCUT2D eigenvalue weighted by molar-refractivity contribution is 7.91. The summed E-state index contributed by atoms with van der Waals surface area (Å²) < 4.78 is 31.3. The number of sulfonamides is 1. The molecule has 7 nitrogen and oxygen atoms in total. The van der Waals surface area contributed by atoms with Gasteiger partial charge in [0.1, 0.15) is 9.96 Å². The number of hydrogen-bond donors (Lipinski definition) is 1. The van der Waals surface area contributed by atoms with Crippen molar-refractivity contribution in [2.45, 2.75) is 23.1 Å². The average Bonchev–Trinajstić information content (AvgIpc) is 3.24. The van der Waals surface area contributed by atoms with Crippen molar-refractivity contribution in [3.8, 4) is 5.75 Å². The summed E-state index contributed by atoms with van der Waals surface area (Å²) in [5, 5.41) is 4.67. The third-order valence-corrected chi connectivity index (χ3v) is 8.00. The number of benzene rings is 1. The monoisotopic (exact) mass is 423 g/mol. The first-order chi connectivity index (χ1) is 13.4. The van der Waals surface area contributed by atoms with Crippen LogP contribution in [-0.4, -0.2) is 58.5 Å². The van der Waals surface area contributed by atoms with Crippen LogP contribution >= 0.6 is 11.3 Å². The van der Waals surface area contributed by atoms with E-state index in [0.717, 1.165) is 53.0 Å². The van der Waals surface area contributed by atoms with Gasteiger partial charge in [-0.3, -0.25) is 4.79 Å². The second kappa shape index (κ2) is 8.93. The fourth-order valence-corrected chi connectivity index (χ4v) is 5.53. The van der Waals surface area contributed by atoms with Gasteiger partial charge in [-0.2, -0.15) is 4.31 Å². The fraction of sp³-hybridized carbons (Fsp3) is 0.421. The Morgan fingerprint density at radius 1 is 1.25 bits per heavy atom. The number of hydrogen-bond acceptors (Lipinski definition) is 6. The predicted molar refractivity (Wildman–Crippen MR) is 111 cm³/mol. The van der Waals surface area contributed by atoms with Crippen LogP contribution in [0, 0.1) is 0 Å². The second-order valence-corrected chi connectivity index (χ2v) is 9.94. The third-order valence-electron chi connectivity index (χ3n) is 4.82. The van der Waals surface area contributed by atoms with Gasteiger partial charge in [0.2, 0.25) is 5.91 Å². The Morgan fingerprint density at radius 3 is 2.50 bits per heavy atom. The van der Waals surface area contributed by atoms with Crippen molar-refractivity contribution in [1.29, 1.82) is 0 Å². The van der Waals surface area contributed by atoms with Crippen LogP contribution in [0.2, 0.25) is 0 Å². The van der Waals surface area contributed by atoms with Gasteiger partial charge in [0, 0.05) is 31.9 Å². The van der Waals surface area contributed by atoms with Gasteiger partial charge in [0.25, 0.3) is 10.0 Å². The van der Waals surface area contributed by atoms with Crippen LogP contribution < -0.4 is 15.0 Å². The van der Waals surface area contributed by atoms with Gasteiger partial charge in [0.15, 0.2) is 0 Å². The Bertz CT molecular complexity index is 874. The molecule has 0 atom stereocenters. The molecule has 1 fully saturated rings. The van der Waals surface area contributed by atoms with Crippen LogP contribution in [0.1, 0.15) is 12.8 Å². The number of rotatable bonds is 7. The molecule has 3 rings (SSSR count). The molecular weight excluding hydrogens is 398 g/mol. The van der Waals surface area contributed by atoms with Gasteiger partial charge in [0.05, 0.1) is 13.7 Å². The first-order valence-electron chi connectivity index (χ1n) is 9.08. The summed E-state index contributed by atoms with van der Waals surface area (Å²) in [5.41, 5.74) is 1.13. The number of likely N-dealkylation sites (N-methyl/N-ethyl adjacent to an activating group) is 1. The van der Waals surface area contributed by atoms with Gasteiger partial charge in [-0.05, 0) is 48.6 Å². The Labute approximate surface area is 170 Å². The highest BCUT2D eigenvalue weighted by Gasteiger charge is 2.26. The molecule has 0 bridgehead atoms. The van der Waals surface area contributed by atoms with Gasteiger partial charge >= 0.3 is 0 Å². The minimum absolute atomic E-state index is 0.0554. The Hall–Kier alpha value is -2.10. The zero-order valence-corrected chi connectivity index (χ0v) is 17.6. The maximum absolute atomic E-state index is 12.4. The molecule has 1 aromatic heterocycles. The lowest BCUT2D eigenvalue weighted by molar-refractivity contribution is -0.121. The van der Waals surface area contributed by atoms with E-state index in [0.29, 0.717) is 0 Å². The van der Waals surface area contributed by atoms with Crippen molar-refractivity contribution in [2.24, 2.45) is 0 Å². The zero-order chi connectivity index (χ0) is 20.1. The SMILES string of the molecule is COc1ccc(N2CCC(NC(=O)CN(C)S(=O)(=O)c3cccs3)CC2)cc1. The van der Waals surface area contributed by atoms with Crippen LogP contribution in [0.5, 0.6) is 5.75 Å². The molecule has 0 aliphatic carbocycles. The van der Waals surface area contributed by atoms with E-state index >= 15 is 0 Å². The summed E-state index contributed by atoms with van der Waals surface area (Å²) in [6, 6.07) is 11.2. The van der Waals surface area contributed by atoms with E-state index in [1.807, 2.05) is 24.3 Å². The standard InChI is InChI=1S/C19H25N3O4S2/c1-21(28(24,25)19-4-3-13-27-19)14-18(23)20-15-9-11-22(12-10-15)16-5-7-17(26-2)8-6-16/h3-8,13,15H,9-12,14H2,1-2H3,(H,20,23). The summed E-state index contributed by atoms with van der Waals surface area (Å²) in [4.78, 5) is 14.6. The number of ether oxygens (including phenoxy) is 1.